The highest BCUT2D eigenvalue weighted by atomic mass is 32.2. The van der Waals surface area contributed by atoms with Crippen molar-refractivity contribution in [3.8, 4) is 0 Å². The Morgan fingerprint density at radius 1 is 1.63 bits per heavy atom. The van der Waals surface area contributed by atoms with Crippen molar-refractivity contribution in [2.45, 2.75) is 5.75 Å². The zero-order valence-electron chi connectivity index (χ0n) is 9.78. The van der Waals surface area contributed by atoms with Crippen molar-refractivity contribution in [1.82, 2.24) is 4.98 Å². The number of thioether (sulfide) groups is 1. The first-order valence-electron chi connectivity index (χ1n) is 5.09. The summed E-state index contributed by atoms with van der Waals surface area (Å²) in [6.07, 6.45) is 1.96. The largest absolute Gasteiger partial charge is 0.433 e. The molecule has 0 radical (unpaired) electrons. The van der Waals surface area contributed by atoms with E-state index in [0.29, 0.717) is 5.13 Å². The van der Waals surface area contributed by atoms with Crippen molar-refractivity contribution in [1.29, 1.82) is 0 Å². The fourth-order valence-corrected chi connectivity index (χ4v) is 2.54. The lowest BCUT2D eigenvalue weighted by Gasteiger charge is -1.96. The van der Waals surface area contributed by atoms with Gasteiger partial charge in [0.15, 0.2) is 10.9 Å². The fourth-order valence-electron chi connectivity index (χ4n) is 1.29. The fraction of sp³-hybridized carbons (Fsp3) is 0.200. The Bertz CT molecular complexity index is 607. The standard InChI is InChI=1S/C10H9N3O4S2/c1-18-4-6-5-19-10(11-6)12-9(14)7-2-3-8(17-7)13(15)16/h2-3,5H,4H2,1H3,(H,11,12,14). The third kappa shape index (κ3) is 3.32. The summed E-state index contributed by atoms with van der Waals surface area (Å²) in [7, 11) is 0. The van der Waals surface area contributed by atoms with Gasteiger partial charge in [-0.15, -0.1) is 11.3 Å². The van der Waals surface area contributed by atoms with Gasteiger partial charge in [0.2, 0.25) is 0 Å². The summed E-state index contributed by atoms with van der Waals surface area (Å²) >= 11 is 2.92. The van der Waals surface area contributed by atoms with Crippen molar-refractivity contribution in [3.05, 3.63) is 39.1 Å². The minimum Gasteiger partial charge on any atom is -0.395 e. The molecule has 0 saturated heterocycles. The van der Waals surface area contributed by atoms with Gasteiger partial charge < -0.3 is 4.42 Å². The van der Waals surface area contributed by atoms with E-state index in [1.807, 2.05) is 11.6 Å². The minimum absolute atomic E-state index is 0.117. The monoisotopic (exact) mass is 299 g/mol. The predicted octanol–water partition coefficient (Wildman–Crippen LogP) is 2.76. The summed E-state index contributed by atoms with van der Waals surface area (Å²) in [5.74, 6) is -0.377. The van der Waals surface area contributed by atoms with Crippen LogP contribution in [0.4, 0.5) is 11.0 Å². The number of carbonyl (C=O) groups excluding carboxylic acids is 1. The molecule has 0 aliphatic heterocycles. The number of furan rings is 1. The van der Waals surface area contributed by atoms with E-state index in [-0.39, 0.29) is 5.76 Å². The Morgan fingerprint density at radius 3 is 3.05 bits per heavy atom. The summed E-state index contributed by atoms with van der Waals surface area (Å²) in [5.41, 5.74) is 0.873. The van der Waals surface area contributed by atoms with Crippen LogP contribution in [0.1, 0.15) is 16.2 Å². The second-order valence-corrected chi connectivity index (χ2v) is 5.15. The number of thiazole rings is 1. The van der Waals surface area contributed by atoms with Gasteiger partial charge in [-0.05, 0) is 12.3 Å². The number of amides is 1. The third-order valence-electron chi connectivity index (χ3n) is 2.06. The lowest BCUT2D eigenvalue weighted by molar-refractivity contribution is -0.402. The summed E-state index contributed by atoms with van der Waals surface area (Å²) in [6.45, 7) is 0. The Hall–Kier alpha value is -1.87. The van der Waals surface area contributed by atoms with Gasteiger partial charge in [0, 0.05) is 11.1 Å². The number of carbonyl (C=O) groups is 1. The van der Waals surface area contributed by atoms with Crippen LogP contribution in [0.15, 0.2) is 21.9 Å². The molecule has 0 aromatic carbocycles. The first-order valence-corrected chi connectivity index (χ1v) is 7.36. The van der Waals surface area contributed by atoms with Crippen molar-refractivity contribution >= 4 is 40.0 Å². The maximum absolute atomic E-state index is 11.8. The van der Waals surface area contributed by atoms with E-state index in [9.17, 15) is 14.9 Å². The maximum atomic E-state index is 11.8. The van der Waals surface area contributed by atoms with Crippen molar-refractivity contribution in [3.63, 3.8) is 0 Å². The molecule has 2 aromatic rings. The van der Waals surface area contributed by atoms with Crippen LogP contribution in [0.2, 0.25) is 0 Å². The van der Waals surface area contributed by atoms with E-state index in [1.54, 1.807) is 11.8 Å². The van der Waals surface area contributed by atoms with E-state index in [4.69, 9.17) is 4.42 Å². The number of nitrogens with zero attached hydrogens (tertiary/aromatic N) is 2. The molecule has 0 unspecified atom stereocenters. The molecular weight excluding hydrogens is 290 g/mol. The van der Waals surface area contributed by atoms with E-state index in [2.05, 4.69) is 10.3 Å². The van der Waals surface area contributed by atoms with Crippen molar-refractivity contribution < 1.29 is 14.1 Å². The van der Waals surface area contributed by atoms with Gasteiger partial charge in [-0.1, -0.05) is 0 Å². The molecule has 0 spiro atoms. The topological polar surface area (TPSA) is 98.3 Å². The number of nitrogens with one attached hydrogen (secondary N) is 1. The molecular formula is C10H9N3O4S2. The summed E-state index contributed by atoms with van der Waals surface area (Å²) in [5, 5.41) is 15.3. The number of rotatable bonds is 5. The van der Waals surface area contributed by atoms with Crippen LogP contribution in [0, 0.1) is 10.1 Å². The Kier molecular flexibility index (Phi) is 4.17. The van der Waals surface area contributed by atoms with Crippen LogP contribution < -0.4 is 5.32 Å². The van der Waals surface area contributed by atoms with E-state index >= 15 is 0 Å². The van der Waals surface area contributed by atoms with E-state index in [1.165, 1.54) is 17.4 Å². The van der Waals surface area contributed by atoms with Gasteiger partial charge in [-0.25, -0.2) is 4.98 Å². The summed E-state index contributed by atoms with van der Waals surface area (Å²) in [6, 6.07) is 2.39. The SMILES string of the molecule is CSCc1csc(NC(=O)c2ccc([N+](=O)[O-])o2)n1. The summed E-state index contributed by atoms with van der Waals surface area (Å²) in [4.78, 5) is 25.7. The van der Waals surface area contributed by atoms with Crippen molar-refractivity contribution in [2.75, 3.05) is 11.6 Å². The average Bonchev–Trinajstić information content (AvgIpc) is 2.98. The highest BCUT2D eigenvalue weighted by Gasteiger charge is 2.18. The highest BCUT2D eigenvalue weighted by molar-refractivity contribution is 7.97. The number of hydrogen-bond donors (Lipinski definition) is 1. The Labute approximate surface area is 116 Å². The minimum atomic E-state index is -0.698. The van der Waals surface area contributed by atoms with Crippen LogP contribution in [0.3, 0.4) is 0 Å². The number of nitro groups is 1. The zero-order valence-corrected chi connectivity index (χ0v) is 11.4. The molecule has 9 heteroatoms. The molecule has 19 heavy (non-hydrogen) atoms. The van der Waals surface area contributed by atoms with Crippen LogP contribution in [0.25, 0.3) is 0 Å². The smallest absolute Gasteiger partial charge is 0.395 e. The van der Waals surface area contributed by atoms with Crippen LogP contribution in [-0.4, -0.2) is 22.1 Å². The van der Waals surface area contributed by atoms with Gasteiger partial charge in [0.1, 0.15) is 4.92 Å². The average molecular weight is 299 g/mol. The molecule has 7 nitrogen and oxygen atoms in total. The first kappa shape index (κ1) is 13.6. The van der Waals surface area contributed by atoms with Gasteiger partial charge in [0.25, 0.3) is 5.91 Å². The molecule has 2 rings (SSSR count). The summed E-state index contributed by atoms with van der Waals surface area (Å²) < 4.78 is 4.79. The van der Waals surface area contributed by atoms with Gasteiger partial charge in [-0.2, -0.15) is 11.8 Å². The molecule has 100 valence electrons. The molecule has 2 aromatic heterocycles. The molecule has 0 bridgehead atoms. The van der Waals surface area contributed by atoms with Crippen molar-refractivity contribution in [2.24, 2.45) is 0 Å². The quantitative estimate of drug-likeness (QED) is 0.673. The number of anilines is 1. The van der Waals surface area contributed by atoms with Crippen LogP contribution >= 0.6 is 23.1 Å². The number of hydrogen-bond acceptors (Lipinski definition) is 7. The molecule has 0 aliphatic rings. The molecule has 0 aliphatic carbocycles. The Balaban J connectivity index is 2.04. The zero-order chi connectivity index (χ0) is 13.8. The number of aromatic nitrogens is 1. The van der Waals surface area contributed by atoms with Gasteiger partial charge in [-0.3, -0.25) is 20.2 Å². The van der Waals surface area contributed by atoms with Gasteiger partial charge in [0.05, 0.1) is 11.8 Å². The lowest BCUT2D eigenvalue weighted by Crippen LogP contribution is -2.10. The lowest BCUT2D eigenvalue weighted by atomic mass is 10.4. The molecule has 2 heterocycles. The Morgan fingerprint density at radius 2 is 2.42 bits per heavy atom. The normalized spacial score (nSPS) is 10.4. The predicted molar refractivity (Wildman–Crippen MR) is 72.6 cm³/mol. The van der Waals surface area contributed by atoms with E-state index in [0.717, 1.165) is 17.5 Å². The first-order chi connectivity index (χ1) is 9.10. The second-order valence-electron chi connectivity index (χ2n) is 3.43. The second kappa shape index (κ2) is 5.85. The van der Waals surface area contributed by atoms with Gasteiger partial charge >= 0.3 is 5.88 Å². The van der Waals surface area contributed by atoms with Crippen LogP contribution in [-0.2, 0) is 5.75 Å². The molecule has 1 amide bonds. The van der Waals surface area contributed by atoms with E-state index < -0.39 is 16.7 Å². The molecule has 0 atom stereocenters. The molecule has 0 saturated carbocycles. The molecule has 0 fully saturated rings. The maximum Gasteiger partial charge on any atom is 0.433 e. The highest BCUT2D eigenvalue weighted by Crippen LogP contribution is 2.21. The molecule has 1 N–H and O–H groups in total. The third-order valence-corrected chi connectivity index (χ3v) is 3.45. The van der Waals surface area contributed by atoms with Crippen LogP contribution in [0.5, 0.6) is 0 Å².